The van der Waals surface area contributed by atoms with Gasteiger partial charge in [-0.05, 0) is 113 Å². The maximum atomic E-state index is 2.45. The van der Waals surface area contributed by atoms with Crippen molar-refractivity contribution in [1.29, 1.82) is 0 Å². The first-order chi connectivity index (χ1) is 29.0. The number of rotatable bonds is 7. The summed E-state index contributed by atoms with van der Waals surface area (Å²) in [6, 6.07) is 83.7. The third-order valence-electron chi connectivity index (χ3n) is 13.0. The van der Waals surface area contributed by atoms with Crippen molar-refractivity contribution in [2.45, 2.75) is 19.3 Å². The predicted octanol–water partition coefficient (Wildman–Crippen LogP) is 12.2. The number of hydrogen-bond donors (Lipinski definition) is 0. The van der Waals surface area contributed by atoms with Gasteiger partial charge < -0.3 is 4.90 Å². The number of hydrogen-bond acceptors (Lipinski definition) is 1. The molecule has 0 spiro atoms. The summed E-state index contributed by atoms with van der Waals surface area (Å²) in [5.41, 5.74) is 16.3. The van der Waals surface area contributed by atoms with Gasteiger partial charge in [0.25, 0.3) is 0 Å². The van der Waals surface area contributed by atoms with E-state index in [2.05, 4.69) is 243 Å². The van der Waals surface area contributed by atoms with E-state index in [0.29, 0.717) is 0 Å². The van der Waals surface area contributed by atoms with Crippen LogP contribution in [0.5, 0.6) is 0 Å². The molecule has 0 amide bonds. The Bertz CT molecular complexity index is 2960. The first-order valence-electron chi connectivity index (χ1n) is 20.7. The molecule has 0 atom stereocenters. The van der Waals surface area contributed by atoms with Crippen LogP contribution in [0.3, 0.4) is 0 Å². The molecule has 0 radical (unpaired) electrons. The smallest absolute Gasteiger partial charge is 0.180 e. The molecule has 9 aromatic rings. The minimum Gasteiger partial charge on any atom is -0.310 e. The van der Waals surface area contributed by atoms with Crippen molar-refractivity contribution >= 4 is 45.9 Å². The Morgan fingerprint density at radius 2 is 0.847 bits per heavy atom. The van der Waals surface area contributed by atoms with Gasteiger partial charge in [-0.15, -0.1) is 0 Å². The fourth-order valence-electron chi connectivity index (χ4n) is 10.3. The Kier molecular flexibility index (Phi) is 8.25. The van der Waals surface area contributed by atoms with Crippen molar-refractivity contribution in [1.82, 2.24) is 0 Å². The van der Waals surface area contributed by atoms with E-state index in [1.54, 1.807) is 0 Å². The highest BCUT2D eigenvalue weighted by Crippen LogP contribution is 2.51. The van der Waals surface area contributed by atoms with Crippen LogP contribution >= 0.6 is 0 Å². The summed E-state index contributed by atoms with van der Waals surface area (Å²) in [6.07, 6.45) is 0. The minimum absolute atomic E-state index is 0.113. The molecule has 59 heavy (non-hydrogen) atoms. The Morgan fingerprint density at radius 1 is 0.339 bits per heavy atom. The maximum Gasteiger partial charge on any atom is 0.180 e. The van der Waals surface area contributed by atoms with Gasteiger partial charge in [-0.25, -0.2) is 0 Å². The molecule has 280 valence electrons. The van der Waals surface area contributed by atoms with Crippen LogP contribution in [0.15, 0.2) is 224 Å². The van der Waals surface area contributed by atoms with Crippen LogP contribution in [-0.4, -0.2) is 8.07 Å². The molecule has 9 aromatic carbocycles. The number of benzene rings is 9. The van der Waals surface area contributed by atoms with Crippen LogP contribution in [0.4, 0.5) is 17.1 Å². The van der Waals surface area contributed by atoms with Gasteiger partial charge in [0.1, 0.15) is 0 Å². The molecule has 0 N–H and O–H groups in total. The lowest BCUT2D eigenvalue weighted by molar-refractivity contribution is 0.660. The quantitative estimate of drug-likeness (QED) is 0.146. The van der Waals surface area contributed by atoms with Gasteiger partial charge in [-0.3, -0.25) is 0 Å². The van der Waals surface area contributed by atoms with Gasteiger partial charge in [0.05, 0.1) is 0 Å². The molecule has 1 aliphatic carbocycles. The SMILES string of the molecule is CC1(C)c2ccccc2-c2ccc(N(c3ccc(-c4ccccc4)cc3)c3cccc(-c4cccc5c4-c4ccccc4[Si]5(c4ccccc4)c4ccccc4)c3)cc21. The second-order valence-corrected chi connectivity index (χ2v) is 20.2. The van der Waals surface area contributed by atoms with E-state index in [1.165, 1.54) is 76.4 Å². The average Bonchev–Trinajstić information content (AvgIpc) is 3.73. The standard InChI is InChI=1S/C57H43NSi/c1-57(2)52-29-14-12-26-49(52)50-37-36-45(39-53(50)57)58(43-34-32-41(33-35-43)40-18-6-3-7-19-40)44-21-16-20-42(38-44)48-28-17-31-55-56(48)51-27-13-15-30-54(51)59(55,46-22-8-4-9-23-46)47-24-10-5-11-25-47/h3-39H,1-2H3. The monoisotopic (exact) mass is 769 g/mol. The summed E-state index contributed by atoms with van der Waals surface area (Å²) in [5.74, 6) is 0. The van der Waals surface area contributed by atoms with Crippen molar-refractivity contribution in [2.24, 2.45) is 0 Å². The molecular formula is C57H43NSi. The molecular weight excluding hydrogens is 727 g/mol. The van der Waals surface area contributed by atoms with Crippen molar-refractivity contribution in [2.75, 3.05) is 4.90 Å². The van der Waals surface area contributed by atoms with Crippen LogP contribution in [0.2, 0.25) is 0 Å². The van der Waals surface area contributed by atoms with Gasteiger partial charge in [0, 0.05) is 22.5 Å². The molecule has 1 heterocycles. The fourth-order valence-corrected chi connectivity index (χ4v) is 15.5. The summed E-state index contributed by atoms with van der Waals surface area (Å²) in [7, 11) is -2.63. The Balaban J connectivity index is 1.10. The van der Waals surface area contributed by atoms with Gasteiger partial charge >= 0.3 is 0 Å². The van der Waals surface area contributed by atoms with E-state index in [-0.39, 0.29) is 5.41 Å². The van der Waals surface area contributed by atoms with Gasteiger partial charge in [0.2, 0.25) is 0 Å². The Labute approximate surface area is 348 Å². The second-order valence-electron chi connectivity index (χ2n) is 16.5. The third-order valence-corrected chi connectivity index (χ3v) is 17.8. The van der Waals surface area contributed by atoms with E-state index >= 15 is 0 Å². The lowest BCUT2D eigenvalue weighted by atomic mass is 9.82. The average molecular weight is 770 g/mol. The highest BCUT2D eigenvalue weighted by atomic mass is 28.3. The predicted molar refractivity (Wildman–Crippen MR) is 252 cm³/mol. The lowest BCUT2D eigenvalue weighted by Crippen LogP contribution is -2.72. The molecule has 1 aliphatic heterocycles. The molecule has 0 unspecified atom stereocenters. The molecule has 2 heteroatoms. The molecule has 0 saturated carbocycles. The zero-order valence-corrected chi connectivity index (χ0v) is 34.3. The van der Waals surface area contributed by atoms with Crippen molar-refractivity contribution in [3.8, 4) is 44.5 Å². The summed E-state index contributed by atoms with van der Waals surface area (Å²) in [6.45, 7) is 4.73. The molecule has 0 bridgehead atoms. The van der Waals surface area contributed by atoms with Crippen LogP contribution in [0, 0.1) is 0 Å². The molecule has 0 saturated heterocycles. The number of anilines is 3. The van der Waals surface area contributed by atoms with Crippen molar-refractivity contribution < 1.29 is 0 Å². The minimum atomic E-state index is -2.63. The highest BCUT2D eigenvalue weighted by Gasteiger charge is 2.49. The summed E-state index contributed by atoms with van der Waals surface area (Å²) >= 11 is 0. The summed E-state index contributed by atoms with van der Waals surface area (Å²) < 4.78 is 0. The normalized spacial score (nSPS) is 13.9. The Hall–Kier alpha value is -7.00. The van der Waals surface area contributed by atoms with Crippen LogP contribution < -0.4 is 25.6 Å². The molecule has 2 aliphatic rings. The van der Waals surface area contributed by atoms with Crippen LogP contribution in [0.25, 0.3) is 44.5 Å². The van der Waals surface area contributed by atoms with Gasteiger partial charge in [-0.1, -0.05) is 202 Å². The van der Waals surface area contributed by atoms with E-state index in [4.69, 9.17) is 0 Å². The third kappa shape index (κ3) is 5.44. The van der Waals surface area contributed by atoms with Crippen molar-refractivity contribution in [3.05, 3.63) is 236 Å². The number of nitrogens with zero attached hydrogens (tertiary/aromatic N) is 1. The lowest BCUT2D eigenvalue weighted by Gasteiger charge is -2.31. The zero-order chi connectivity index (χ0) is 39.6. The largest absolute Gasteiger partial charge is 0.310 e. The topological polar surface area (TPSA) is 3.24 Å². The second kappa shape index (κ2) is 13.8. The summed E-state index contributed by atoms with van der Waals surface area (Å²) in [5, 5.41) is 5.73. The molecule has 1 nitrogen and oxygen atoms in total. The van der Waals surface area contributed by atoms with Gasteiger partial charge in [0.15, 0.2) is 8.07 Å². The van der Waals surface area contributed by atoms with Crippen LogP contribution in [0.1, 0.15) is 25.0 Å². The highest BCUT2D eigenvalue weighted by molar-refractivity contribution is 7.22. The fraction of sp³-hybridized carbons (Fsp3) is 0.0526. The van der Waals surface area contributed by atoms with Gasteiger partial charge in [-0.2, -0.15) is 0 Å². The molecule has 11 rings (SSSR count). The molecule has 0 aromatic heterocycles. The first-order valence-corrected chi connectivity index (χ1v) is 22.7. The van der Waals surface area contributed by atoms with Crippen LogP contribution in [-0.2, 0) is 5.41 Å². The van der Waals surface area contributed by atoms with E-state index in [1.807, 2.05) is 0 Å². The first kappa shape index (κ1) is 35.2. The summed E-state index contributed by atoms with van der Waals surface area (Å²) in [4.78, 5) is 2.45. The maximum absolute atomic E-state index is 2.63. The van der Waals surface area contributed by atoms with Crippen molar-refractivity contribution in [3.63, 3.8) is 0 Å². The van der Waals surface area contributed by atoms with E-state index < -0.39 is 8.07 Å². The van der Waals surface area contributed by atoms with E-state index in [0.717, 1.165) is 17.1 Å². The Morgan fingerprint density at radius 3 is 1.58 bits per heavy atom. The van der Waals surface area contributed by atoms with E-state index in [9.17, 15) is 0 Å². The molecule has 0 fully saturated rings. The zero-order valence-electron chi connectivity index (χ0n) is 33.3. The number of fused-ring (bicyclic) bond motifs is 6.